The smallest absolute Gasteiger partial charge is 0.337 e. The Morgan fingerprint density at radius 2 is 1.92 bits per heavy atom. The number of halogens is 1. The zero-order chi connectivity index (χ0) is 18.9. The lowest BCUT2D eigenvalue weighted by Gasteiger charge is -2.12. The number of rotatable bonds is 7. The van der Waals surface area contributed by atoms with Gasteiger partial charge in [0, 0.05) is 0 Å². The molecule has 0 radical (unpaired) electrons. The summed E-state index contributed by atoms with van der Waals surface area (Å²) in [5.74, 6) is 0.305. The van der Waals surface area contributed by atoms with Crippen molar-refractivity contribution in [2.45, 2.75) is 13.3 Å². The number of nitrogens with one attached hydrogen (secondary N) is 2. The van der Waals surface area contributed by atoms with Crippen LogP contribution in [0.2, 0.25) is 5.02 Å². The lowest BCUT2D eigenvalue weighted by molar-refractivity contribution is 0.0600. The first-order valence-corrected chi connectivity index (χ1v) is 8.56. The number of aryl methyl sites for hydroxylation is 1. The fourth-order valence-electron chi connectivity index (χ4n) is 2.29. The summed E-state index contributed by atoms with van der Waals surface area (Å²) < 4.78 is 10.3. The summed E-state index contributed by atoms with van der Waals surface area (Å²) >= 11 is 6.04. The number of urea groups is 1. The van der Waals surface area contributed by atoms with Gasteiger partial charge in [0.1, 0.15) is 12.4 Å². The van der Waals surface area contributed by atoms with E-state index in [0.717, 1.165) is 17.7 Å². The largest absolute Gasteiger partial charge is 0.491 e. The molecule has 2 rings (SSSR count). The Morgan fingerprint density at radius 3 is 2.65 bits per heavy atom. The number of hydrogen-bond acceptors (Lipinski definition) is 4. The lowest BCUT2D eigenvalue weighted by atomic mass is 10.1. The number of esters is 1. The van der Waals surface area contributed by atoms with Gasteiger partial charge in [0.2, 0.25) is 0 Å². The molecule has 0 saturated heterocycles. The van der Waals surface area contributed by atoms with Gasteiger partial charge in [-0.15, -0.1) is 0 Å². The first-order valence-electron chi connectivity index (χ1n) is 8.18. The third-order valence-corrected chi connectivity index (χ3v) is 3.96. The lowest BCUT2D eigenvalue weighted by Crippen LogP contribution is -2.32. The minimum Gasteiger partial charge on any atom is -0.491 e. The fraction of sp³-hybridized carbons (Fsp3) is 0.263. The van der Waals surface area contributed by atoms with E-state index in [1.165, 1.54) is 25.3 Å². The number of ether oxygens (including phenoxy) is 2. The van der Waals surface area contributed by atoms with Gasteiger partial charge in [-0.05, 0) is 36.2 Å². The highest BCUT2D eigenvalue weighted by atomic mass is 35.5. The van der Waals surface area contributed by atoms with E-state index in [4.69, 9.17) is 16.3 Å². The van der Waals surface area contributed by atoms with E-state index < -0.39 is 12.0 Å². The molecule has 26 heavy (non-hydrogen) atoms. The van der Waals surface area contributed by atoms with Crippen LogP contribution >= 0.6 is 11.6 Å². The molecule has 7 heteroatoms. The number of amides is 2. The van der Waals surface area contributed by atoms with E-state index in [1.54, 1.807) is 0 Å². The SMILES string of the molecule is CCc1ccccc1OCCNC(=O)Nc1cc(C(=O)OC)ccc1Cl. The van der Waals surface area contributed by atoms with E-state index in [2.05, 4.69) is 22.3 Å². The van der Waals surface area contributed by atoms with Crippen molar-refractivity contribution in [3.8, 4) is 5.75 Å². The summed E-state index contributed by atoms with van der Waals surface area (Å²) in [6.45, 7) is 2.71. The highest BCUT2D eigenvalue weighted by Crippen LogP contribution is 2.23. The first-order chi connectivity index (χ1) is 12.5. The molecule has 2 N–H and O–H groups in total. The van der Waals surface area contributed by atoms with Crippen molar-refractivity contribution in [3.63, 3.8) is 0 Å². The predicted octanol–water partition coefficient (Wildman–Crippen LogP) is 3.89. The molecule has 2 aromatic carbocycles. The number of methoxy groups -OCH3 is 1. The Hall–Kier alpha value is -2.73. The molecule has 0 aliphatic rings. The number of carbonyl (C=O) groups is 2. The minimum atomic E-state index is -0.506. The second kappa shape index (κ2) is 9.68. The van der Waals surface area contributed by atoms with E-state index >= 15 is 0 Å². The van der Waals surface area contributed by atoms with Crippen LogP contribution in [0.1, 0.15) is 22.8 Å². The van der Waals surface area contributed by atoms with E-state index in [9.17, 15) is 9.59 Å². The molecule has 2 aromatic rings. The van der Waals surface area contributed by atoms with Gasteiger partial charge in [-0.1, -0.05) is 36.7 Å². The third kappa shape index (κ3) is 5.39. The monoisotopic (exact) mass is 376 g/mol. The quantitative estimate of drug-likeness (QED) is 0.567. The molecule has 0 aliphatic carbocycles. The van der Waals surface area contributed by atoms with Gasteiger partial charge in [-0.25, -0.2) is 9.59 Å². The molecule has 0 heterocycles. The zero-order valence-corrected chi connectivity index (χ0v) is 15.4. The zero-order valence-electron chi connectivity index (χ0n) is 14.7. The molecule has 0 aliphatic heterocycles. The second-order valence-electron chi connectivity index (χ2n) is 5.38. The molecule has 0 unspecified atom stereocenters. The van der Waals surface area contributed by atoms with Crippen LogP contribution in [-0.4, -0.2) is 32.3 Å². The Kier molecular flexibility index (Phi) is 7.29. The van der Waals surface area contributed by atoms with Crippen molar-refractivity contribution >= 4 is 29.3 Å². The van der Waals surface area contributed by atoms with Crippen LogP contribution < -0.4 is 15.4 Å². The van der Waals surface area contributed by atoms with Crippen LogP contribution in [0.5, 0.6) is 5.75 Å². The van der Waals surface area contributed by atoms with Crippen molar-refractivity contribution < 1.29 is 19.1 Å². The molecule has 138 valence electrons. The number of hydrogen-bond donors (Lipinski definition) is 2. The first kappa shape index (κ1) is 19.6. The summed E-state index contributed by atoms with van der Waals surface area (Å²) in [5.41, 5.74) is 1.74. The van der Waals surface area contributed by atoms with Crippen LogP contribution in [0.3, 0.4) is 0 Å². The minimum absolute atomic E-state index is 0.298. The van der Waals surface area contributed by atoms with Crippen molar-refractivity contribution in [2.24, 2.45) is 0 Å². The molecular formula is C19H21ClN2O4. The molecule has 0 saturated carbocycles. The molecule has 0 spiro atoms. The molecule has 0 aromatic heterocycles. The number of para-hydroxylation sites is 1. The van der Waals surface area contributed by atoms with Crippen molar-refractivity contribution in [1.29, 1.82) is 0 Å². The summed E-state index contributed by atoms with van der Waals surface area (Å²) in [6, 6.07) is 11.8. The third-order valence-electron chi connectivity index (χ3n) is 3.63. The second-order valence-corrected chi connectivity index (χ2v) is 5.78. The average molecular weight is 377 g/mol. The summed E-state index contributed by atoms with van der Waals surface area (Å²) in [5, 5.41) is 5.60. The van der Waals surface area contributed by atoms with E-state index in [-0.39, 0.29) is 0 Å². The van der Waals surface area contributed by atoms with Crippen LogP contribution in [0, 0.1) is 0 Å². The van der Waals surface area contributed by atoms with E-state index in [0.29, 0.717) is 29.4 Å². The van der Waals surface area contributed by atoms with Gasteiger partial charge in [0.25, 0.3) is 0 Å². The Labute approximate surface area is 157 Å². The van der Waals surface area contributed by atoms with Crippen LogP contribution in [0.25, 0.3) is 0 Å². The maximum atomic E-state index is 12.0. The van der Waals surface area contributed by atoms with Gasteiger partial charge in [-0.2, -0.15) is 0 Å². The van der Waals surface area contributed by atoms with Crippen molar-refractivity contribution in [3.05, 3.63) is 58.6 Å². The van der Waals surface area contributed by atoms with Gasteiger partial charge < -0.3 is 20.1 Å². The highest BCUT2D eigenvalue weighted by Gasteiger charge is 2.11. The maximum Gasteiger partial charge on any atom is 0.337 e. The summed E-state index contributed by atoms with van der Waals surface area (Å²) in [7, 11) is 1.29. The van der Waals surface area contributed by atoms with Crippen LogP contribution in [0.15, 0.2) is 42.5 Å². The summed E-state index contributed by atoms with van der Waals surface area (Å²) in [4.78, 5) is 23.5. The number of carbonyl (C=O) groups excluding carboxylic acids is 2. The van der Waals surface area contributed by atoms with Gasteiger partial charge >= 0.3 is 12.0 Å². The normalized spacial score (nSPS) is 10.1. The van der Waals surface area contributed by atoms with Gasteiger partial charge in [-0.3, -0.25) is 0 Å². The molecular weight excluding hydrogens is 356 g/mol. The Morgan fingerprint density at radius 1 is 1.15 bits per heavy atom. The van der Waals surface area contributed by atoms with Gasteiger partial charge in [0.15, 0.2) is 0 Å². The highest BCUT2D eigenvalue weighted by molar-refractivity contribution is 6.33. The molecule has 0 fully saturated rings. The number of anilines is 1. The topological polar surface area (TPSA) is 76.7 Å². The van der Waals surface area contributed by atoms with Crippen LogP contribution in [-0.2, 0) is 11.2 Å². The predicted molar refractivity (Wildman–Crippen MR) is 101 cm³/mol. The molecule has 0 atom stereocenters. The standard InChI is InChI=1S/C19H21ClN2O4/c1-3-13-6-4-5-7-17(13)26-11-10-21-19(24)22-16-12-14(18(23)25-2)8-9-15(16)20/h4-9,12H,3,10-11H2,1-2H3,(H2,21,22,24). The maximum absolute atomic E-state index is 12.0. The van der Waals surface area contributed by atoms with Crippen molar-refractivity contribution in [2.75, 3.05) is 25.6 Å². The Balaban J connectivity index is 1.84. The molecule has 0 bridgehead atoms. The molecule has 2 amide bonds. The van der Waals surface area contributed by atoms with Gasteiger partial charge in [0.05, 0.1) is 29.9 Å². The Bertz CT molecular complexity index is 780. The fourth-order valence-corrected chi connectivity index (χ4v) is 2.46. The average Bonchev–Trinajstić information content (AvgIpc) is 2.66. The number of benzene rings is 2. The molecule has 6 nitrogen and oxygen atoms in total. The van der Waals surface area contributed by atoms with Crippen LogP contribution in [0.4, 0.5) is 10.5 Å². The van der Waals surface area contributed by atoms with E-state index in [1.807, 2.05) is 24.3 Å². The summed E-state index contributed by atoms with van der Waals surface area (Å²) in [6.07, 6.45) is 0.874. The van der Waals surface area contributed by atoms with Crippen molar-refractivity contribution in [1.82, 2.24) is 5.32 Å².